The van der Waals surface area contributed by atoms with Crippen LogP contribution in [-0.2, 0) is 20.9 Å². The van der Waals surface area contributed by atoms with Crippen molar-refractivity contribution in [2.45, 2.75) is 44.7 Å². The van der Waals surface area contributed by atoms with Crippen LogP contribution in [0.5, 0.6) is 0 Å². The molecule has 1 fully saturated rings. The molecule has 0 aliphatic heterocycles. The van der Waals surface area contributed by atoms with E-state index in [1.165, 1.54) is 0 Å². The molecular weight excluding hydrogens is 400 g/mol. The molecule has 154 valence electrons. The first-order valence-electron chi connectivity index (χ1n) is 9.29. The normalized spacial score (nSPS) is 14.2. The van der Waals surface area contributed by atoms with Crippen molar-refractivity contribution in [2.75, 3.05) is 6.61 Å². The zero-order chi connectivity index (χ0) is 20.6. The van der Waals surface area contributed by atoms with E-state index in [0.29, 0.717) is 16.4 Å². The largest absolute Gasteiger partial charge is 0.454 e. The third kappa shape index (κ3) is 6.53. The molecule has 0 spiro atoms. The fraction of sp³-hybridized carbons (Fsp3) is 0.444. The minimum Gasteiger partial charge on any atom is -0.454 e. The van der Waals surface area contributed by atoms with Gasteiger partial charge in [-0.3, -0.25) is 10.1 Å². The van der Waals surface area contributed by atoms with E-state index in [1.54, 1.807) is 24.3 Å². The van der Waals surface area contributed by atoms with Crippen molar-refractivity contribution < 1.29 is 19.1 Å². The van der Waals surface area contributed by atoms with Crippen molar-refractivity contribution in [1.29, 1.82) is 0 Å². The maximum absolute atomic E-state index is 11.9. The van der Waals surface area contributed by atoms with Crippen LogP contribution in [0.1, 0.15) is 32.1 Å². The first-order valence-corrected chi connectivity index (χ1v) is 9.67. The van der Waals surface area contributed by atoms with Gasteiger partial charge in [-0.15, -0.1) is 10.2 Å². The molecule has 0 atom stereocenters. The Bertz CT molecular complexity index is 863. The molecular formula is C18H21ClN6O4. The quantitative estimate of drug-likeness (QED) is 0.680. The van der Waals surface area contributed by atoms with Crippen molar-refractivity contribution in [3.8, 4) is 11.4 Å². The number of imide groups is 1. The molecule has 0 radical (unpaired) electrons. The Morgan fingerprint density at radius 2 is 1.86 bits per heavy atom. The summed E-state index contributed by atoms with van der Waals surface area (Å²) in [6, 6.07) is 6.33. The molecule has 0 bridgehead atoms. The highest BCUT2D eigenvalue weighted by molar-refractivity contribution is 6.30. The lowest BCUT2D eigenvalue weighted by Gasteiger charge is -2.22. The number of nitrogens with zero attached hydrogens (tertiary/aromatic N) is 4. The number of ether oxygens (including phenoxy) is 1. The fourth-order valence-corrected chi connectivity index (χ4v) is 3.09. The van der Waals surface area contributed by atoms with Gasteiger partial charge < -0.3 is 10.1 Å². The van der Waals surface area contributed by atoms with E-state index < -0.39 is 24.5 Å². The summed E-state index contributed by atoms with van der Waals surface area (Å²) >= 11 is 5.83. The number of esters is 1. The lowest BCUT2D eigenvalue weighted by atomic mass is 9.96. The second-order valence-electron chi connectivity index (χ2n) is 6.67. The van der Waals surface area contributed by atoms with Gasteiger partial charge in [0, 0.05) is 16.6 Å². The molecule has 0 saturated heterocycles. The summed E-state index contributed by atoms with van der Waals surface area (Å²) in [6.07, 6.45) is 5.09. The van der Waals surface area contributed by atoms with E-state index in [1.807, 2.05) is 0 Å². The smallest absolute Gasteiger partial charge is 0.330 e. The molecule has 29 heavy (non-hydrogen) atoms. The molecule has 1 heterocycles. The maximum atomic E-state index is 11.9. The number of tetrazole rings is 1. The summed E-state index contributed by atoms with van der Waals surface area (Å²) in [6.45, 7) is -0.891. The van der Waals surface area contributed by atoms with Crippen LogP contribution in [0.25, 0.3) is 11.4 Å². The van der Waals surface area contributed by atoms with Crippen LogP contribution in [0.2, 0.25) is 5.02 Å². The Morgan fingerprint density at radius 1 is 1.14 bits per heavy atom. The molecule has 1 saturated carbocycles. The van der Waals surface area contributed by atoms with Crippen LogP contribution in [-0.4, -0.2) is 50.8 Å². The van der Waals surface area contributed by atoms with Crippen LogP contribution in [0, 0.1) is 0 Å². The highest BCUT2D eigenvalue weighted by atomic mass is 35.5. The van der Waals surface area contributed by atoms with Gasteiger partial charge in [-0.2, -0.15) is 4.80 Å². The van der Waals surface area contributed by atoms with E-state index >= 15 is 0 Å². The van der Waals surface area contributed by atoms with Crippen LogP contribution < -0.4 is 10.6 Å². The van der Waals surface area contributed by atoms with E-state index in [2.05, 4.69) is 26.0 Å². The minimum absolute atomic E-state index is 0.0762. The van der Waals surface area contributed by atoms with Crippen LogP contribution in [0.3, 0.4) is 0 Å². The molecule has 1 aromatic carbocycles. The lowest BCUT2D eigenvalue weighted by Crippen LogP contribution is -2.46. The van der Waals surface area contributed by atoms with Gasteiger partial charge in [0.05, 0.1) is 0 Å². The van der Waals surface area contributed by atoms with Gasteiger partial charge in [0.1, 0.15) is 0 Å². The monoisotopic (exact) mass is 420 g/mol. The number of carbonyl (C=O) groups is 3. The number of aromatic nitrogens is 4. The first-order chi connectivity index (χ1) is 14.0. The third-order valence-electron chi connectivity index (χ3n) is 4.38. The minimum atomic E-state index is -0.729. The second-order valence-corrected chi connectivity index (χ2v) is 7.10. The van der Waals surface area contributed by atoms with Crippen LogP contribution >= 0.6 is 11.6 Å². The van der Waals surface area contributed by atoms with Gasteiger partial charge in [0.25, 0.3) is 5.91 Å². The molecule has 2 aromatic rings. The summed E-state index contributed by atoms with van der Waals surface area (Å²) in [5, 5.41) is 17.2. The van der Waals surface area contributed by atoms with Crippen molar-refractivity contribution in [3.63, 3.8) is 0 Å². The van der Waals surface area contributed by atoms with E-state index in [4.69, 9.17) is 16.3 Å². The van der Waals surface area contributed by atoms with Gasteiger partial charge in [-0.25, -0.2) is 9.59 Å². The summed E-state index contributed by atoms with van der Waals surface area (Å²) in [7, 11) is 0. The van der Waals surface area contributed by atoms with Gasteiger partial charge in [0.15, 0.2) is 13.2 Å². The SMILES string of the molecule is O=C(COC(=O)Cn1nnc(-c2ccc(Cl)cc2)n1)NC(=O)NC1CCCCC1. The molecule has 11 heteroatoms. The van der Waals surface area contributed by atoms with Crippen molar-refractivity contribution in [2.24, 2.45) is 0 Å². The van der Waals surface area contributed by atoms with Gasteiger partial charge >= 0.3 is 12.0 Å². The number of benzene rings is 1. The zero-order valence-electron chi connectivity index (χ0n) is 15.6. The maximum Gasteiger partial charge on any atom is 0.330 e. The second kappa shape index (κ2) is 9.97. The number of nitrogens with one attached hydrogen (secondary N) is 2. The van der Waals surface area contributed by atoms with Gasteiger partial charge in [0.2, 0.25) is 5.82 Å². The zero-order valence-corrected chi connectivity index (χ0v) is 16.4. The molecule has 2 N–H and O–H groups in total. The molecule has 0 unspecified atom stereocenters. The number of amides is 3. The van der Waals surface area contributed by atoms with Crippen molar-refractivity contribution >= 4 is 29.5 Å². The molecule has 1 aromatic heterocycles. The van der Waals surface area contributed by atoms with Crippen LogP contribution in [0.4, 0.5) is 4.79 Å². The van der Waals surface area contributed by atoms with E-state index in [0.717, 1.165) is 36.9 Å². The van der Waals surface area contributed by atoms with Crippen molar-refractivity contribution in [3.05, 3.63) is 29.3 Å². The summed E-state index contributed by atoms with van der Waals surface area (Å²) in [4.78, 5) is 36.5. The predicted molar refractivity (Wildman–Crippen MR) is 103 cm³/mol. The fourth-order valence-electron chi connectivity index (χ4n) is 2.96. The molecule has 10 nitrogen and oxygen atoms in total. The number of carbonyl (C=O) groups excluding carboxylic acids is 3. The predicted octanol–water partition coefficient (Wildman–Crippen LogP) is 1.70. The topological polar surface area (TPSA) is 128 Å². The lowest BCUT2D eigenvalue weighted by molar-refractivity contribution is -0.149. The first kappa shape index (κ1) is 20.7. The third-order valence-corrected chi connectivity index (χ3v) is 4.64. The summed E-state index contributed by atoms with van der Waals surface area (Å²) in [5.74, 6) is -1.11. The van der Waals surface area contributed by atoms with Crippen LogP contribution in [0.15, 0.2) is 24.3 Å². The highest BCUT2D eigenvalue weighted by Crippen LogP contribution is 2.17. The van der Waals surface area contributed by atoms with E-state index in [-0.39, 0.29) is 12.6 Å². The molecule has 3 rings (SSSR count). The number of rotatable bonds is 6. The number of halogens is 1. The Hall–Kier alpha value is -3.01. The standard InChI is InChI=1S/C18H21ClN6O4/c19-13-8-6-12(7-9-13)17-22-24-25(23-17)10-16(27)29-11-15(26)21-18(28)20-14-4-2-1-3-5-14/h6-9,14H,1-5,10-11H2,(H2,20,21,26,28). The Kier molecular flexibility index (Phi) is 7.12. The Balaban J connectivity index is 1.39. The van der Waals surface area contributed by atoms with Gasteiger partial charge in [-0.1, -0.05) is 30.9 Å². The van der Waals surface area contributed by atoms with E-state index in [9.17, 15) is 14.4 Å². The Labute approximate surface area is 171 Å². The summed E-state index contributed by atoms with van der Waals surface area (Å²) in [5.41, 5.74) is 0.692. The van der Waals surface area contributed by atoms with Gasteiger partial charge in [-0.05, 0) is 42.3 Å². The average Bonchev–Trinajstić information content (AvgIpc) is 3.16. The summed E-state index contributed by atoms with van der Waals surface area (Å²) < 4.78 is 4.85. The number of hydrogen-bond acceptors (Lipinski definition) is 7. The average molecular weight is 421 g/mol. The number of urea groups is 1. The molecule has 1 aliphatic rings. The number of hydrogen-bond donors (Lipinski definition) is 2. The molecule has 1 aliphatic carbocycles. The highest BCUT2D eigenvalue weighted by Gasteiger charge is 2.18. The Morgan fingerprint density at radius 3 is 2.59 bits per heavy atom. The van der Waals surface area contributed by atoms with Crippen molar-refractivity contribution in [1.82, 2.24) is 30.8 Å². The molecule has 3 amide bonds.